The summed E-state index contributed by atoms with van der Waals surface area (Å²) in [6, 6.07) is 0. The lowest BCUT2D eigenvalue weighted by atomic mass is 9.92. The van der Waals surface area contributed by atoms with Crippen LogP contribution in [0, 0.1) is 11.8 Å². The molecule has 7 heteroatoms. The highest BCUT2D eigenvalue weighted by Crippen LogP contribution is 2.47. The second-order valence-electron chi connectivity index (χ2n) is 11.7. The quantitative estimate of drug-likeness (QED) is 0.402. The van der Waals surface area contributed by atoms with Gasteiger partial charge in [-0.25, -0.2) is 0 Å². The van der Waals surface area contributed by atoms with Gasteiger partial charge in [-0.3, -0.25) is 4.79 Å². The van der Waals surface area contributed by atoms with Crippen LogP contribution in [-0.2, 0) is 18.4 Å². The van der Waals surface area contributed by atoms with Gasteiger partial charge in [-0.2, -0.15) is 0 Å². The predicted octanol–water partition coefficient (Wildman–Crippen LogP) is 5.35. The Morgan fingerprint density at radius 3 is 1.66 bits per heavy atom. The first-order chi connectivity index (χ1) is 12.9. The van der Waals surface area contributed by atoms with E-state index in [9.17, 15) is 9.90 Å². The van der Waals surface area contributed by atoms with Crippen molar-refractivity contribution in [2.45, 2.75) is 110 Å². The Balaban J connectivity index is 3.11. The van der Waals surface area contributed by atoms with Gasteiger partial charge < -0.3 is 18.7 Å². The molecule has 1 fully saturated rings. The Kier molecular flexibility index (Phi) is 8.79. The van der Waals surface area contributed by atoms with E-state index in [2.05, 4.69) is 67.7 Å². The van der Waals surface area contributed by atoms with E-state index in [1.165, 1.54) is 6.92 Å². The van der Waals surface area contributed by atoms with Crippen molar-refractivity contribution in [3.8, 4) is 0 Å². The molecule has 1 rings (SSSR count). The number of aliphatic hydroxyl groups is 1. The fourth-order valence-corrected chi connectivity index (χ4v) is 6.27. The zero-order chi connectivity index (χ0) is 22.8. The molecule has 0 spiro atoms. The van der Waals surface area contributed by atoms with Crippen molar-refractivity contribution in [2.24, 2.45) is 11.8 Å². The van der Waals surface area contributed by atoms with Gasteiger partial charge in [0.1, 0.15) is 0 Å². The Labute approximate surface area is 181 Å². The van der Waals surface area contributed by atoms with Crippen LogP contribution in [0.1, 0.15) is 61.3 Å². The number of aliphatic hydroxyl groups excluding tert-OH is 1. The SMILES string of the molecule is CC(=O)OCC[C@H]1[C@@H](CO)[C@H](O[Si](C)(C)C(C)(C)C)C[C@@H]1O[Si](C)(C)C(C)(C)C. The van der Waals surface area contributed by atoms with E-state index in [1.54, 1.807) is 0 Å². The number of carbonyl (C=O) groups excluding carboxylic acids is 1. The molecule has 0 bridgehead atoms. The topological polar surface area (TPSA) is 65.0 Å². The minimum absolute atomic E-state index is 0.00875. The second-order valence-corrected chi connectivity index (χ2v) is 21.2. The van der Waals surface area contributed by atoms with Crippen LogP contribution >= 0.6 is 0 Å². The van der Waals surface area contributed by atoms with Crippen molar-refractivity contribution in [1.82, 2.24) is 0 Å². The maximum absolute atomic E-state index is 11.3. The number of esters is 1. The van der Waals surface area contributed by atoms with Gasteiger partial charge in [-0.05, 0) is 55.0 Å². The molecule has 4 atom stereocenters. The first kappa shape index (κ1) is 26.8. The lowest BCUT2D eigenvalue weighted by Gasteiger charge is -2.40. The van der Waals surface area contributed by atoms with Gasteiger partial charge >= 0.3 is 5.97 Å². The summed E-state index contributed by atoms with van der Waals surface area (Å²) in [4.78, 5) is 11.3. The molecule has 5 nitrogen and oxygen atoms in total. The van der Waals surface area contributed by atoms with Crippen LogP contribution in [0.25, 0.3) is 0 Å². The molecule has 0 aromatic carbocycles. The zero-order valence-corrected chi connectivity index (χ0v) is 22.7. The maximum Gasteiger partial charge on any atom is 0.302 e. The molecule has 0 unspecified atom stereocenters. The highest BCUT2D eigenvalue weighted by atomic mass is 28.4. The van der Waals surface area contributed by atoms with Crippen LogP contribution in [-0.4, -0.2) is 53.1 Å². The fraction of sp³-hybridized carbons (Fsp3) is 0.955. The van der Waals surface area contributed by atoms with Crippen molar-refractivity contribution in [2.75, 3.05) is 13.2 Å². The van der Waals surface area contributed by atoms with E-state index in [4.69, 9.17) is 13.6 Å². The average molecular weight is 447 g/mol. The lowest BCUT2D eigenvalue weighted by molar-refractivity contribution is -0.141. The fourth-order valence-electron chi connectivity index (χ4n) is 3.50. The molecule has 0 aromatic heterocycles. The van der Waals surface area contributed by atoms with Crippen molar-refractivity contribution < 1.29 is 23.5 Å². The van der Waals surface area contributed by atoms with E-state index < -0.39 is 16.6 Å². The van der Waals surface area contributed by atoms with Crippen LogP contribution in [0.15, 0.2) is 0 Å². The molecular weight excluding hydrogens is 400 g/mol. The Bertz CT molecular complexity index is 548. The van der Waals surface area contributed by atoms with Crippen LogP contribution in [0.4, 0.5) is 0 Å². The molecule has 0 radical (unpaired) electrons. The van der Waals surface area contributed by atoms with Crippen LogP contribution < -0.4 is 0 Å². The first-order valence-electron chi connectivity index (χ1n) is 11.0. The summed E-state index contributed by atoms with van der Waals surface area (Å²) in [5, 5.41) is 10.5. The molecule has 0 amide bonds. The second kappa shape index (κ2) is 9.51. The molecule has 1 aliphatic rings. The van der Waals surface area contributed by atoms with E-state index >= 15 is 0 Å². The molecule has 29 heavy (non-hydrogen) atoms. The summed E-state index contributed by atoms with van der Waals surface area (Å²) in [5.41, 5.74) is 0. The van der Waals surface area contributed by atoms with Crippen LogP contribution in [0.2, 0.25) is 36.3 Å². The summed E-state index contributed by atoms with van der Waals surface area (Å²) in [5.74, 6) is -0.128. The van der Waals surface area contributed by atoms with Crippen molar-refractivity contribution in [3.63, 3.8) is 0 Å². The Morgan fingerprint density at radius 2 is 1.31 bits per heavy atom. The summed E-state index contributed by atoms with van der Waals surface area (Å²) in [6.07, 6.45) is 1.51. The number of hydrogen-bond donors (Lipinski definition) is 1. The Morgan fingerprint density at radius 1 is 0.897 bits per heavy atom. The molecule has 1 saturated carbocycles. The number of ether oxygens (including phenoxy) is 1. The highest BCUT2D eigenvalue weighted by Gasteiger charge is 2.51. The van der Waals surface area contributed by atoms with Crippen molar-refractivity contribution >= 4 is 22.6 Å². The normalized spacial score (nSPS) is 26.6. The van der Waals surface area contributed by atoms with E-state index in [1.807, 2.05) is 0 Å². The molecule has 0 aromatic rings. The van der Waals surface area contributed by atoms with Crippen LogP contribution in [0.3, 0.4) is 0 Å². The van der Waals surface area contributed by atoms with E-state index in [0.717, 1.165) is 6.42 Å². The minimum atomic E-state index is -1.97. The summed E-state index contributed by atoms with van der Waals surface area (Å²) >= 11 is 0. The van der Waals surface area contributed by atoms with Gasteiger partial charge in [0.05, 0.1) is 18.8 Å². The number of hydrogen-bond acceptors (Lipinski definition) is 5. The van der Waals surface area contributed by atoms with E-state index in [0.29, 0.717) is 13.0 Å². The standard InChI is InChI=1S/C22H46O5Si2/c1-16(24)25-13-12-17-18(15-23)20(27-29(10,11)22(5,6)7)14-19(17)26-28(8,9)21(2,3)4/h17-20,23H,12-15H2,1-11H3/t17-,18+,19-,20+/m0/s1. The summed E-state index contributed by atoms with van der Waals surface area (Å²) < 4.78 is 18.8. The summed E-state index contributed by atoms with van der Waals surface area (Å²) in [6.45, 7) is 24.4. The van der Waals surface area contributed by atoms with Gasteiger partial charge in [0.15, 0.2) is 16.6 Å². The third-order valence-corrected chi connectivity index (χ3v) is 16.5. The largest absolute Gasteiger partial charge is 0.466 e. The molecule has 0 aliphatic heterocycles. The average Bonchev–Trinajstić information content (AvgIpc) is 2.79. The lowest BCUT2D eigenvalue weighted by Crippen LogP contribution is -2.45. The third kappa shape index (κ3) is 6.89. The first-order valence-corrected chi connectivity index (χ1v) is 16.8. The minimum Gasteiger partial charge on any atom is -0.466 e. The number of carbonyl (C=O) groups is 1. The number of rotatable bonds is 8. The maximum atomic E-state index is 11.3. The van der Waals surface area contributed by atoms with E-state index in [-0.39, 0.29) is 46.7 Å². The smallest absolute Gasteiger partial charge is 0.302 e. The van der Waals surface area contributed by atoms with Gasteiger partial charge in [0.25, 0.3) is 0 Å². The van der Waals surface area contributed by atoms with Gasteiger partial charge in [-0.15, -0.1) is 0 Å². The van der Waals surface area contributed by atoms with Gasteiger partial charge in [0, 0.05) is 19.4 Å². The van der Waals surface area contributed by atoms with Crippen LogP contribution in [0.5, 0.6) is 0 Å². The molecule has 0 heterocycles. The molecule has 1 N–H and O–H groups in total. The van der Waals surface area contributed by atoms with Gasteiger partial charge in [0.2, 0.25) is 0 Å². The molecule has 1 aliphatic carbocycles. The predicted molar refractivity (Wildman–Crippen MR) is 124 cm³/mol. The molecule has 172 valence electrons. The monoisotopic (exact) mass is 446 g/mol. The molecular formula is C22H46O5Si2. The Hall–Kier alpha value is -0.216. The highest BCUT2D eigenvalue weighted by molar-refractivity contribution is 6.74. The molecule has 0 saturated heterocycles. The van der Waals surface area contributed by atoms with Crippen molar-refractivity contribution in [1.29, 1.82) is 0 Å². The van der Waals surface area contributed by atoms with Crippen molar-refractivity contribution in [3.05, 3.63) is 0 Å². The van der Waals surface area contributed by atoms with Gasteiger partial charge in [-0.1, -0.05) is 41.5 Å². The zero-order valence-electron chi connectivity index (χ0n) is 20.7. The summed E-state index contributed by atoms with van der Waals surface area (Å²) in [7, 11) is -3.95. The third-order valence-electron chi connectivity index (χ3n) is 7.44.